The van der Waals surface area contributed by atoms with Crippen LogP contribution in [0.2, 0.25) is 0 Å². The van der Waals surface area contributed by atoms with Crippen molar-refractivity contribution in [2.75, 3.05) is 43.6 Å². The predicted molar refractivity (Wildman–Crippen MR) is 115 cm³/mol. The van der Waals surface area contributed by atoms with Crippen molar-refractivity contribution >= 4 is 17.3 Å². The van der Waals surface area contributed by atoms with Crippen molar-refractivity contribution in [3.63, 3.8) is 0 Å². The van der Waals surface area contributed by atoms with E-state index in [0.717, 1.165) is 37.2 Å². The molecule has 0 atom stereocenters. The number of benzene rings is 2. The van der Waals surface area contributed by atoms with Gasteiger partial charge in [-0.1, -0.05) is 30.3 Å². The average Bonchev–Trinajstić information content (AvgIpc) is 2.80. The lowest BCUT2D eigenvalue weighted by Crippen LogP contribution is -2.44. The van der Waals surface area contributed by atoms with Gasteiger partial charge in [0.2, 0.25) is 5.91 Å². The third kappa shape index (κ3) is 4.31. The minimum atomic E-state index is -0.528. The number of anilines is 2. The normalized spacial score (nSPS) is 19.7. The molecular weight excluding hydrogens is 364 g/mol. The number of hydrogen-bond donors (Lipinski definition) is 1. The molecule has 154 valence electrons. The summed E-state index contributed by atoms with van der Waals surface area (Å²) in [7, 11) is 1.79. The predicted octanol–water partition coefficient (Wildman–Crippen LogP) is 3.99. The Morgan fingerprint density at radius 2 is 1.69 bits per heavy atom. The van der Waals surface area contributed by atoms with Crippen molar-refractivity contribution in [2.24, 2.45) is 0 Å². The standard InChI is InChI=1S/C24H30N2O3/c1-28-22-11-15-26(16-12-22)21-9-7-20(8-10-21)25-23(27)24(13-17-29-18-14-24)19-5-3-2-4-6-19/h2-10,22H,11-18H2,1H3,(H,25,27). The van der Waals surface area contributed by atoms with Crippen molar-refractivity contribution in [3.8, 4) is 0 Å². The quantitative estimate of drug-likeness (QED) is 0.833. The third-order valence-corrected chi connectivity index (χ3v) is 6.37. The summed E-state index contributed by atoms with van der Waals surface area (Å²) in [6, 6.07) is 18.3. The number of ether oxygens (including phenoxy) is 2. The fraction of sp³-hybridized carbons (Fsp3) is 0.458. The van der Waals surface area contributed by atoms with Crippen LogP contribution in [-0.2, 0) is 19.7 Å². The number of carbonyl (C=O) groups is 1. The van der Waals surface area contributed by atoms with Gasteiger partial charge < -0.3 is 19.7 Å². The summed E-state index contributed by atoms with van der Waals surface area (Å²) in [5.41, 5.74) is 2.58. The molecule has 2 heterocycles. The molecule has 2 aliphatic rings. The SMILES string of the molecule is COC1CCN(c2ccc(NC(=O)C3(c4ccccc4)CCOCC3)cc2)CC1. The molecule has 2 aromatic carbocycles. The zero-order valence-electron chi connectivity index (χ0n) is 17.1. The largest absolute Gasteiger partial charge is 0.381 e. The van der Waals surface area contributed by atoms with E-state index in [2.05, 4.69) is 34.5 Å². The van der Waals surface area contributed by atoms with Gasteiger partial charge in [-0.25, -0.2) is 0 Å². The van der Waals surface area contributed by atoms with Gasteiger partial charge in [-0.2, -0.15) is 0 Å². The van der Waals surface area contributed by atoms with Crippen LogP contribution in [0.15, 0.2) is 54.6 Å². The van der Waals surface area contributed by atoms with Crippen molar-refractivity contribution in [1.82, 2.24) is 0 Å². The Kier molecular flexibility index (Phi) is 6.16. The minimum absolute atomic E-state index is 0.0562. The maximum absolute atomic E-state index is 13.4. The van der Waals surface area contributed by atoms with Crippen LogP contribution < -0.4 is 10.2 Å². The lowest BCUT2D eigenvalue weighted by molar-refractivity contribution is -0.125. The van der Waals surface area contributed by atoms with Crippen molar-refractivity contribution in [1.29, 1.82) is 0 Å². The highest BCUT2D eigenvalue weighted by Gasteiger charge is 2.41. The molecule has 2 saturated heterocycles. The Morgan fingerprint density at radius 3 is 2.31 bits per heavy atom. The number of piperidine rings is 1. The summed E-state index contributed by atoms with van der Waals surface area (Å²) in [5.74, 6) is 0.0562. The van der Waals surface area contributed by atoms with E-state index in [-0.39, 0.29) is 5.91 Å². The first-order valence-corrected chi connectivity index (χ1v) is 10.5. The number of hydrogen-bond acceptors (Lipinski definition) is 4. The average molecular weight is 395 g/mol. The summed E-state index contributed by atoms with van der Waals surface area (Å²) < 4.78 is 11.0. The van der Waals surface area contributed by atoms with Gasteiger partial charge in [-0.3, -0.25) is 4.79 Å². The second-order valence-electron chi connectivity index (χ2n) is 7.98. The molecule has 2 aliphatic heterocycles. The number of amides is 1. The summed E-state index contributed by atoms with van der Waals surface area (Å²) in [6.07, 6.45) is 3.89. The molecule has 0 bridgehead atoms. The van der Waals surface area contributed by atoms with Gasteiger partial charge in [0, 0.05) is 44.8 Å². The Morgan fingerprint density at radius 1 is 1.03 bits per heavy atom. The summed E-state index contributed by atoms with van der Waals surface area (Å²) in [4.78, 5) is 15.7. The van der Waals surface area contributed by atoms with Crippen LogP contribution in [0.25, 0.3) is 0 Å². The smallest absolute Gasteiger partial charge is 0.235 e. The molecule has 29 heavy (non-hydrogen) atoms. The maximum atomic E-state index is 13.4. The van der Waals surface area contributed by atoms with Gasteiger partial charge in [0.15, 0.2) is 0 Å². The maximum Gasteiger partial charge on any atom is 0.235 e. The molecular formula is C24H30N2O3. The molecule has 4 rings (SSSR count). The van der Waals surface area contributed by atoms with E-state index in [9.17, 15) is 4.79 Å². The van der Waals surface area contributed by atoms with E-state index in [4.69, 9.17) is 9.47 Å². The van der Waals surface area contributed by atoms with E-state index in [1.54, 1.807) is 7.11 Å². The minimum Gasteiger partial charge on any atom is -0.381 e. The summed E-state index contributed by atoms with van der Waals surface area (Å²) in [5, 5.41) is 3.16. The van der Waals surface area contributed by atoms with Crippen LogP contribution in [-0.4, -0.2) is 45.4 Å². The van der Waals surface area contributed by atoms with E-state index >= 15 is 0 Å². The molecule has 2 aromatic rings. The molecule has 2 fully saturated rings. The summed E-state index contributed by atoms with van der Waals surface area (Å²) >= 11 is 0. The fourth-order valence-corrected chi connectivity index (χ4v) is 4.48. The molecule has 0 unspecified atom stereocenters. The first-order valence-electron chi connectivity index (χ1n) is 10.5. The van der Waals surface area contributed by atoms with Crippen LogP contribution >= 0.6 is 0 Å². The lowest BCUT2D eigenvalue weighted by Gasteiger charge is -2.36. The van der Waals surface area contributed by atoms with Gasteiger partial charge in [-0.15, -0.1) is 0 Å². The van der Waals surface area contributed by atoms with Gasteiger partial charge in [0.25, 0.3) is 0 Å². The second-order valence-corrected chi connectivity index (χ2v) is 7.98. The highest BCUT2D eigenvalue weighted by Crippen LogP contribution is 2.36. The van der Waals surface area contributed by atoms with E-state index in [0.29, 0.717) is 32.2 Å². The van der Waals surface area contributed by atoms with Crippen molar-refractivity contribution in [3.05, 3.63) is 60.2 Å². The molecule has 0 aromatic heterocycles. The molecule has 1 N–H and O–H groups in total. The fourth-order valence-electron chi connectivity index (χ4n) is 4.48. The van der Waals surface area contributed by atoms with Crippen LogP contribution in [0.1, 0.15) is 31.2 Å². The Hall–Kier alpha value is -2.37. The van der Waals surface area contributed by atoms with Gasteiger partial charge in [0.1, 0.15) is 0 Å². The molecule has 1 amide bonds. The van der Waals surface area contributed by atoms with Crippen molar-refractivity contribution < 1.29 is 14.3 Å². The second kappa shape index (κ2) is 8.97. The van der Waals surface area contributed by atoms with Crippen molar-refractivity contribution in [2.45, 2.75) is 37.2 Å². The first-order chi connectivity index (χ1) is 14.2. The van der Waals surface area contributed by atoms with Crippen LogP contribution in [0, 0.1) is 0 Å². The van der Waals surface area contributed by atoms with E-state index in [1.165, 1.54) is 5.69 Å². The summed E-state index contributed by atoms with van der Waals surface area (Å²) in [6.45, 7) is 3.22. The number of rotatable bonds is 5. The van der Waals surface area contributed by atoms with E-state index < -0.39 is 5.41 Å². The van der Waals surface area contributed by atoms with Crippen LogP contribution in [0.4, 0.5) is 11.4 Å². The van der Waals surface area contributed by atoms with Gasteiger partial charge in [0.05, 0.1) is 11.5 Å². The van der Waals surface area contributed by atoms with E-state index in [1.807, 2.05) is 30.3 Å². The Labute approximate surface area is 173 Å². The molecule has 5 nitrogen and oxygen atoms in total. The number of methoxy groups -OCH3 is 1. The van der Waals surface area contributed by atoms with Crippen LogP contribution in [0.5, 0.6) is 0 Å². The molecule has 0 radical (unpaired) electrons. The number of nitrogens with zero attached hydrogens (tertiary/aromatic N) is 1. The Bertz CT molecular complexity index is 793. The monoisotopic (exact) mass is 394 g/mol. The molecule has 0 aliphatic carbocycles. The van der Waals surface area contributed by atoms with Gasteiger partial charge in [-0.05, 0) is 55.5 Å². The molecule has 0 saturated carbocycles. The van der Waals surface area contributed by atoms with Crippen LogP contribution in [0.3, 0.4) is 0 Å². The lowest BCUT2D eigenvalue weighted by atomic mass is 9.73. The number of nitrogens with one attached hydrogen (secondary N) is 1. The molecule has 5 heteroatoms. The molecule has 0 spiro atoms. The number of carbonyl (C=O) groups excluding carboxylic acids is 1. The van der Waals surface area contributed by atoms with Gasteiger partial charge >= 0.3 is 0 Å². The zero-order chi connectivity index (χ0) is 20.1. The highest BCUT2D eigenvalue weighted by atomic mass is 16.5. The Balaban J connectivity index is 1.46. The highest BCUT2D eigenvalue weighted by molar-refractivity contribution is 5.99. The topological polar surface area (TPSA) is 50.8 Å². The third-order valence-electron chi connectivity index (χ3n) is 6.37. The zero-order valence-corrected chi connectivity index (χ0v) is 17.1. The first kappa shape index (κ1) is 19.9.